The van der Waals surface area contributed by atoms with Crippen LogP contribution in [0.2, 0.25) is 5.02 Å². The Balaban J connectivity index is 2.24. The van der Waals surface area contributed by atoms with Gasteiger partial charge in [0, 0.05) is 9.50 Å². The lowest BCUT2D eigenvalue weighted by Crippen LogP contribution is -2.20. The lowest BCUT2D eigenvalue weighted by atomic mass is 10.2. The number of amides is 1. The van der Waals surface area contributed by atoms with Crippen LogP contribution in [0.5, 0.6) is 5.75 Å². The monoisotopic (exact) mass is 425 g/mol. The summed E-state index contributed by atoms with van der Waals surface area (Å²) in [6.45, 7) is -1.52. The Labute approximate surface area is 147 Å². The van der Waals surface area contributed by atoms with Crippen LogP contribution in [0, 0.1) is 5.82 Å². The Morgan fingerprint density at radius 1 is 1.21 bits per heavy atom. The fraction of sp³-hybridized carbons (Fsp3) is 0.133. The third-order valence-corrected chi connectivity index (χ3v) is 3.65. The van der Waals surface area contributed by atoms with Gasteiger partial charge in [0.2, 0.25) is 0 Å². The Hall–Kier alpha value is -1.80. The second-order valence-corrected chi connectivity index (χ2v) is 5.91. The van der Waals surface area contributed by atoms with Crippen LogP contribution in [0.15, 0.2) is 40.9 Å². The molecule has 0 spiro atoms. The third-order valence-electron chi connectivity index (χ3n) is 2.76. The third kappa shape index (κ3) is 5.10. The van der Waals surface area contributed by atoms with Crippen molar-refractivity contribution in [1.29, 1.82) is 0 Å². The largest absolute Gasteiger partial charge is 0.482 e. The van der Waals surface area contributed by atoms with Gasteiger partial charge in [0.25, 0.3) is 5.91 Å². The molecule has 0 heterocycles. The molecule has 0 fully saturated rings. The molecule has 1 amide bonds. The highest BCUT2D eigenvalue weighted by Crippen LogP contribution is 2.30. The topological polar surface area (TPSA) is 38.3 Å². The van der Waals surface area contributed by atoms with Crippen LogP contribution in [0.25, 0.3) is 0 Å². The van der Waals surface area contributed by atoms with Gasteiger partial charge >= 0.3 is 6.18 Å². The van der Waals surface area contributed by atoms with Crippen LogP contribution in [0.1, 0.15) is 10.4 Å². The van der Waals surface area contributed by atoms with Gasteiger partial charge in [0.05, 0.1) is 11.3 Å². The number of hydrogen-bond donors (Lipinski definition) is 1. The smallest absolute Gasteiger partial charge is 0.422 e. The van der Waals surface area contributed by atoms with E-state index >= 15 is 0 Å². The molecule has 128 valence electrons. The van der Waals surface area contributed by atoms with Crippen LogP contribution >= 0.6 is 27.5 Å². The summed E-state index contributed by atoms with van der Waals surface area (Å²) in [6.07, 6.45) is -4.53. The molecule has 0 unspecified atom stereocenters. The van der Waals surface area contributed by atoms with Gasteiger partial charge in [-0.3, -0.25) is 4.79 Å². The molecule has 9 heteroatoms. The van der Waals surface area contributed by atoms with Gasteiger partial charge in [-0.2, -0.15) is 13.2 Å². The Bertz CT molecular complexity index is 768. The minimum absolute atomic E-state index is 0.0343. The average molecular weight is 427 g/mol. The summed E-state index contributed by atoms with van der Waals surface area (Å²) in [7, 11) is 0. The highest BCUT2D eigenvalue weighted by Gasteiger charge is 2.29. The SMILES string of the molecule is O=C(Nc1cc(Cl)ccc1OCC(F)(F)F)c1ccc(F)cc1Br. The summed E-state index contributed by atoms with van der Waals surface area (Å²) in [5.41, 5.74) is 0.0612. The molecular formula is C15H9BrClF4NO2. The molecule has 0 atom stereocenters. The maximum atomic E-state index is 13.1. The molecule has 2 aromatic rings. The number of hydrogen-bond acceptors (Lipinski definition) is 2. The second-order valence-electron chi connectivity index (χ2n) is 4.62. The first-order chi connectivity index (χ1) is 11.2. The molecule has 0 saturated carbocycles. The number of rotatable bonds is 4. The molecular weight excluding hydrogens is 418 g/mol. The summed E-state index contributed by atoms with van der Waals surface area (Å²) in [6, 6.07) is 7.20. The maximum absolute atomic E-state index is 13.1. The first kappa shape index (κ1) is 18.5. The molecule has 0 bridgehead atoms. The van der Waals surface area contributed by atoms with Crippen LogP contribution in [0.4, 0.5) is 23.2 Å². The summed E-state index contributed by atoms with van der Waals surface area (Å²) in [5.74, 6) is -1.40. The fourth-order valence-electron chi connectivity index (χ4n) is 1.75. The van der Waals surface area contributed by atoms with Crippen molar-refractivity contribution in [2.75, 3.05) is 11.9 Å². The van der Waals surface area contributed by atoms with Crippen LogP contribution in [0.3, 0.4) is 0 Å². The van der Waals surface area contributed by atoms with Gasteiger partial charge in [-0.1, -0.05) is 11.6 Å². The van der Waals surface area contributed by atoms with Crippen LogP contribution in [-0.2, 0) is 0 Å². The molecule has 0 radical (unpaired) electrons. The number of halogens is 6. The van der Waals surface area contributed by atoms with Crippen molar-refractivity contribution in [3.05, 3.63) is 57.3 Å². The number of alkyl halides is 3. The standard InChI is InChI=1S/C15H9BrClF4NO2/c16-11-6-9(18)2-3-10(11)14(23)22-12-5-8(17)1-4-13(12)24-7-15(19,20)21/h1-6H,7H2,(H,22,23). The van der Waals surface area contributed by atoms with Crippen molar-refractivity contribution in [3.63, 3.8) is 0 Å². The van der Waals surface area contributed by atoms with E-state index in [1.807, 2.05) is 0 Å². The van der Waals surface area contributed by atoms with E-state index in [4.69, 9.17) is 11.6 Å². The first-order valence-corrected chi connectivity index (χ1v) is 7.58. The van der Waals surface area contributed by atoms with E-state index in [2.05, 4.69) is 26.0 Å². The quantitative estimate of drug-likeness (QED) is 0.662. The highest BCUT2D eigenvalue weighted by molar-refractivity contribution is 9.10. The van der Waals surface area contributed by atoms with Crippen molar-refractivity contribution < 1.29 is 27.1 Å². The Kier molecular flexibility index (Phi) is 5.71. The normalized spacial score (nSPS) is 11.2. The summed E-state index contributed by atoms with van der Waals surface area (Å²) in [5, 5.41) is 2.59. The summed E-state index contributed by atoms with van der Waals surface area (Å²) < 4.78 is 54.8. The molecule has 0 aliphatic carbocycles. The van der Waals surface area contributed by atoms with E-state index in [9.17, 15) is 22.4 Å². The van der Waals surface area contributed by atoms with E-state index < -0.39 is 24.5 Å². The zero-order chi connectivity index (χ0) is 17.9. The molecule has 2 aromatic carbocycles. The minimum Gasteiger partial charge on any atom is -0.482 e. The summed E-state index contributed by atoms with van der Waals surface area (Å²) >= 11 is 8.84. The number of benzene rings is 2. The lowest BCUT2D eigenvalue weighted by Gasteiger charge is -2.14. The Morgan fingerprint density at radius 2 is 1.92 bits per heavy atom. The van der Waals surface area contributed by atoms with Crippen molar-refractivity contribution in [3.8, 4) is 5.75 Å². The van der Waals surface area contributed by atoms with Crippen molar-refractivity contribution >= 4 is 39.1 Å². The maximum Gasteiger partial charge on any atom is 0.422 e. The molecule has 0 saturated heterocycles. The highest BCUT2D eigenvalue weighted by atomic mass is 79.9. The van der Waals surface area contributed by atoms with E-state index in [0.717, 1.165) is 12.1 Å². The first-order valence-electron chi connectivity index (χ1n) is 6.41. The van der Waals surface area contributed by atoms with Crippen molar-refractivity contribution in [1.82, 2.24) is 0 Å². The van der Waals surface area contributed by atoms with E-state index in [1.54, 1.807) is 0 Å². The molecule has 3 nitrogen and oxygen atoms in total. The number of carbonyl (C=O) groups is 1. The molecule has 1 N–H and O–H groups in total. The van der Waals surface area contributed by atoms with E-state index in [-0.39, 0.29) is 26.5 Å². The van der Waals surface area contributed by atoms with Gasteiger partial charge in [0.15, 0.2) is 6.61 Å². The van der Waals surface area contributed by atoms with Crippen LogP contribution < -0.4 is 10.1 Å². The zero-order valence-corrected chi connectivity index (χ0v) is 14.1. The average Bonchev–Trinajstić information content (AvgIpc) is 2.45. The zero-order valence-electron chi connectivity index (χ0n) is 11.8. The lowest BCUT2D eigenvalue weighted by molar-refractivity contribution is -0.153. The van der Waals surface area contributed by atoms with Gasteiger partial charge < -0.3 is 10.1 Å². The summed E-state index contributed by atoms with van der Waals surface area (Å²) in [4.78, 5) is 12.2. The van der Waals surface area contributed by atoms with Gasteiger partial charge in [0.1, 0.15) is 11.6 Å². The Morgan fingerprint density at radius 3 is 2.54 bits per heavy atom. The van der Waals surface area contributed by atoms with E-state index in [0.29, 0.717) is 0 Å². The van der Waals surface area contributed by atoms with Crippen LogP contribution in [-0.4, -0.2) is 18.7 Å². The number of anilines is 1. The molecule has 0 aliphatic heterocycles. The van der Waals surface area contributed by atoms with E-state index in [1.165, 1.54) is 24.3 Å². The van der Waals surface area contributed by atoms with Gasteiger partial charge in [-0.25, -0.2) is 4.39 Å². The minimum atomic E-state index is -4.53. The predicted molar refractivity (Wildman–Crippen MR) is 85.1 cm³/mol. The van der Waals surface area contributed by atoms with Gasteiger partial charge in [-0.05, 0) is 52.3 Å². The fourth-order valence-corrected chi connectivity index (χ4v) is 2.45. The van der Waals surface area contributed by atoms with Crippen molar-refractivity contribution in [2.24, 2.45) is 0 Å². The predicted octanol–water partition coefficient (Wildman–Crippen LogP) is 5.44. The molecule has 0 aliphatic rings. The number of nitrogens with one attached hydrogen (secondary N) is 1. The molecule has 2 rings (SSSR count). The van der Waals surface area contributed by atoms with Gasteiger partial charge in [-0.15, -0.1) is 0 Å². The van der Waals surface area contributed by atoms with Crippen molar-refractivity contribution in [2.45, 2.75) is 6.18 Å². The number of ether oxygens (including phenoxy) is 1. The molecule has 24 heavy (non-hydrogen) atoms. The molecule has 0 aromatic heterocycles. The second kappa shape index (κ2) is 7.40. The number of carbonyl (C=O) groups excluding carboxylic acids is 1.